The summed E-state index contributed by atoms with van der Waals surface area (Å²) < 4.78 is 5.63. The number of rotatable bonds is 6. The first-order valence-electron chi connectivity index (χ1n) is 9.55. The molecule has 0 unspecified atom stereocenters. The highest BCUT2D eigenvalue weighted by Gasteiger charge is 2.13. The highest BCUT2D eigenvalue weighted by Crippen LogP contribution is 2.29. The second-order valence-corrected chi connectivity index (χ2v) is 6.70. The maximum absolute atomic E-state index is 5.63. The smallest absolute Gasteiger partial charge is 0.159 e. The van der Waals surface area contributed by atoms with Crippen molar-refractivity contribution in [3.63, 3.8) is 0 Å². The number of nitrogens with zero attached hydrogens (tertiary/aromatic N) is 3. The molecular weight excluding hydrogens is 364 g/mol. The maximum atomic E-state index is 5.63. The summed E-state index contributed by atoms with van der Waals surface area (Å²) in [6.45, 7) is 3.26. The molecule has 0 aliphatic rings. The molecule has 0 spiro atoms. The van der Waals surface area contributed by atoms with E-state index in [0.717, 1.165) is 50.6 Å². The van der Waals surface area contributed by atoms with Crippen LogP contribution in [0, 0.1) is 0 Å². The van der Waals surface area contributed by atoms with Crippen molar-refractivity contribution in [2.75, 3.05) is 11.9 Å². The number of hydrogen-bond acceptors (Lipinski definition) is 5. The van der Waals surface area contributed by atoms with Gasteiger partial charge in [0.05, 0.1) is 35.4 Å². The van der Waals surface area contributed by atoms with E-state index in [1.807, 2.05) is 55.5 Å². The van der Waals surface area contributed by atoms with Crippen LogP contribution in [0.3, 0.4) is 0 Å². The third kappa shape index (κ3) is 3.38. The van der Waals surface area contributed by atoms with Gasteiger partial charge >= 0.3 is 0 Å². The number of nitrogens with one attached hydrogen (secondary N) is 3. The van der Waals surface area contributed by atoms with E-state index in [2.05, 4.69) is 31.5 Å². The molecule has 5 aromatic rings. The normalized spacial score (nSPS) is 11.2. The van der Waals surface area contributed by atoms with Crippen LogP contribution in [0.5, 0.6) is 5.75 Å². The Morgan fingerprint density at radius 1 is 1.03 bits per heavy atom. The van der Waals surface area contributed by atoms with Gasteiger partial charge in [-0.2, -0.15) is 5.10 Å². The van der Waals surface area contributed by atoms with Gasteiger partial charge < -0.3 is 15.0 Å². The molecule has 0 radical (unpaired) electrons. The van der Waals surface area contributed by atoms with E-state index >= 15 is 0 Å². The Hall–Kier alpha value is -3.87. The molecular formula is C22H20N6O. The largest absolute Gasteiger partial charge is 0.494 e. The Bertz CT molecular complexity index is 1270. The Labute approximate surface area is 167 Å². The Kier molecular flexibility index (Phi) is 4.32. The van der Waals surface area contributed by atoms with Gasteiger partial charge in [-0.15, -0.1) is 0 Å². The first kappa shape index (κ1) is 17.2. The third-order valence-electron chi connectivity index (χ3n) is 4.75. The molecule has 0 saturated heterocycles. The molecule has 3 N–H and O–H groups in total. The molecule has 5 rings (SSSR count). The fourth-order valence-electron chi connectivity index (χ4n) is 3.36. The van der Waals surface area contributed by atoms with Crippen LogP contribution in [0.4, 0.5) is 5.69 Å². The summed E-state index contributed by atoms with van der Waals surface area (Å²) in [4.78, 5) is 12.5. The summed E-state index contributed by atoms with van der Waals surface area (Å²) in [5.74, 6) is 1.54. The van der Waals surface area contributed by atoms with Gasteiger partial charge in [0.2, 0.25) is 0 Å². The van der Waals surface area contributed by atoms with Crippen LogP contribution in [-0.2, 0) is 6.54 Å². The minimum Gasteiger partial charge on any atom is -0.494 e. The number of ether oxygens (including phenoxy) is 1. The van der Waals surface area contributed by atoms with Gasteiger partial charge in [0.15, 0.2) is 5.82 Å². The number of benzene rings is 2. The molecule has 0 saturated carbocycles. The van der Waals surface area contributed by atoms with E-state index in [0.29, 0.717) is 13.2 Å². The summed E-state index contributed by atoms with van der Waals surface area (Å²) in [5, 5.41) is 11.9. The molecule has 144 valence electrons. The molecule has 29 heavy (non-hydrogen) atoms. The van der Waals surface area contributed by atoms with Crippen molar-refractivity contribution < 1.29 is 4.74 Å². The summed E-state index contributed by atoms with van der Waals surface area (Å²) >= 11 is 0. The van der Waals surface area contributed by atoms with Crippen LogP contribution in [0.25, 0.3) is 33.5 Å². The molecule has 0 amide bonds. The lowest BCUT2D eigenvalue weighted by Gasteiger charge is -2.05. The van der Waals surface area contributed by atoms with Crippen molar-refractivity contribution in [1.29, 1.82) is 0 Å². The number of H-pyrrole nitrogens is 2. The van der Waals surface area contributed by atoms with E-state index in [-0.39, 0.29) is 0 Å². The summed E-state index contributed by atoms with van der Waals surface area (Å²) in [6, 6.07) is 17.9. The maximum Gasteiger partial charge on any atom is 0.159 e. The molecule has 2 aromatic carbocycles. The van der Waals surface area contributed by atoms with Gasteiger partial charge in [0, 0.05) is 17.3 Å². The number of hydrogen-bond donors (Lipinski definition) is 3. The monoisotopic (exact) mass is 384 g/mol. The fourth-order valence-corrected chi connectivity index (χ4v) is 3.36. The van der Waals surface area contributed by atoms with Crippen LogP contribution in [-0.4, -0.2) is 31.8 Å². The molecule has 7 heteroatoms. The number of fused-ring (bicyclic) bond motifs is 2. The van der Waals surface area contributed by atoms with Crippen molar-refractivity contribution in [3.05, 3.63) is 66.5 Å². The van der Waals surface area contributed by atoms with E-state index < -0.39 is 0 Å². The average molecular weight is 384 g/mol. The van der Waals surface area contributed by atoms with Gasteiger partial charge in [-0.05, 0) is 55.5 Å². The quantitative estimate of drug-likeness (QED) is 0.401. The van der Waals surface area contributed by atoms with E-state index in [1.165, 1.54) is 0 Å². The van der Waals surface area contributed by atoms with E-state index in [4.69, 9.17) is 9.72 Å². The second kappa shape index (κ2) is 7.27. The lowest BCUT2D eigenvalue weighted by atomic mass is 10.2. The van der Waals surface area contributed by atoms with Gasteiger partial charge in [-0.3, -0.25) is 10.1 Å². The summed E-state index contributed by atoms with van der Waals surface area (Å²) in [7, 11) is 0. The number of pyridine rings is 1. The van der Waals surface area contributed by atoms with Crippen molar-refractivity contribution in [3.8, 4) is 17.3 Å². The number of aromatic amines is 2. The van der Waals surface area contributed by atoms with Crippen molar-refractivity contribution in [2.24, 2.45) is 0 Å². The number of imidazole rings is 1. The highest BCUT2D eigenvalue weighted by molar-refractivity contribution is 5.94. The third-order valence-corrected chi connectivity index (χ3v) is 4.75. The molecule has 0 bridgehead atoms. The van der Waals surface area contributed by atoms with Crippen LogP contribution in [0.15, 0.2) is 60.8 Å². The molecule has 0 aliphatic carbocycles. The Morgan fingerprint density at radius 2 is 2.00 bits per heavy atom. The van der Waals surface area contributed by atoms with Gasteiger partial charge in [-0.25, -0.2) is 4.98 Å². The first-order valence-corrected chi connectivity index (χ1v) is 9.55. The lowest BCUT2D eigenvalue weighted by Crippen LogP contribution is -2.00. The van der Waals surface area contributed by atoms with Gasteiger partial charge in [-0.1, -0.05) is 6.07 Å². The van der Waals surface area contributed by atoms with Crippen LogP contribution >= 0.6 is 0 Å². The van der Waals surface area contributed by atoms with Crippen LogP contribution in [0.1, 0.15) is 12.6 Å². The zero-order valence-corrected chi connectivity index (χ0v) is 15.9. The zero-order chi connectivity index (χ0) is 19.6. The van der Waals surface area contributed by atoms with Gasteiger partial charge in [0.1, 0.15) is 11.4 Å². The molecule has 0 atom stereocenters. The molecule has 0 aliphatic heterocycles. The second-order valence-electron chi connectivity index (χ2n) is 6.70. The molecule has 7 nitrogen and oxygen atoms in total. The minimum absolute atomic E-state index is 0.623. The molecule has 0 fully saturated rings. The van der Waals surface area contributed by atoms with Crippen molar-refractivity contribution in [1.82, 2.24) is 25.1 Å². The highest BCUT2D eigenvalue weighted by atomic mass is 16.5. The number of aromatic nitrogens is 5. The predicted molar refractivity (Wildman–Crippen MR) is 114 cm³/mol. The molecule has 3 aromatic heterocycles. The number of anilines is 1. The van der Waals surface area contributed by atoms with E-state index in [9.17, 15) is 0 Å². The van der Waals surface area contributed by atoms with Gasteiger partial charge in [0.25, 0.3) is 0 Å². The SMILES string of the molecule is CCOc1ccc2[nH]nc(-c3nc4ccc(NCc5ccccn5)cc4[nH]3)c2c1. The van der Waals surface area contributed by atoms with Crippen LogP contribution in [0.2, 0.25) is 0 Å². The first-order chi connectivity index (χ1) is 14.3. The summed E-state index contributed by atoms with van der Waals surface area (Å²) in [6.07, 6.45) is 1.80. The zero-order valence-electron chi connectivity index (χ0n) is 15.9. The average Bonchev–Trinajstić information content (AvgIpc) is 3.36. The lowest BCUT2D eigenvalue weighted by molar-refractivity contribution is 0.341. The Balaban J connectivity index is 1.45. The topological polar surface area (TPSA) is 91.5 Å². The summed E-state index contributed by atoms with van der Waals surface area (Å²) in [5.41, 5.74) is 5.56. The van der Waals surface area contributed by atoms with E-state index in [1.54, 1.807) is 6.20 Å². The Morgan fingerprint density at radius 3 is 2.86 bits per heavy atom. The van der Waals surface area contributed by atoms with Crippen molar-refractivity contribution >= 4 is 27.6 Å². The predicted octanol–water partition coefficient (Wildman–Crippen LogP) is 4.51. The van der Waals surface area contributed by atoms with Crippen LogP contribution < -0.4 is 10.1 Å². The minimum atomic E-state index is 0.623. The molecule has 3 heterocycles. The van der Waals surface area contributed by atoms with Crippen molar-refractivity contribution in [2.45, 2.75) is 13.5 Å². The fraction of sp³-hybridized carbons (Fsp3) is 0.136. The standard InChI is InChI=1S/C22H20N6O/c1-2-29-16-7-9-18-17(12-16)21(28-27-18)22-25-19-8-6-14(11-20(19)26-22)24-13-15-5-3-4-10-23-15/h3-12,24H,2,13H2,1H3,(H,25,26)(H,27,28).